The van der Waals surface area contributed by atoms with Crippen LogP contribution in [0.1, 0.15) is 36.3 Å². The molecule has 1 heterocycles. The highest BCUT2D eigenvalue weighted by molar-refractivity contribution is 6.01. The van der Waals surface area contributed by atoms with Crippen LogP contribution in [0.2, 0.25) is 0 Å². The molecule has 180 valence electrons. The molecule has 0 unspecified atom stereocenters. The molecule has 1 fully saturated rings. The summed E-state index contributed by atoms with van der Waals surface area (Å²) in [4.78, 5) is 13.3. The molecule has 0 aromatic heterocycles. The number of alkyl halides is 1. The van der Waals surface area contributed by atoms with E-state index in [0.717, 1.165) is 64.9 Å². The lowest BCUT2D eigenvalue weighted by Crippen LogP contribution is -2.34. The van der Waals surface area contributed by atoms with Gasteiger partial charge in [-0.1, -0.05) is 36.4 Å². The fourth-order valence-electron chi connectivity index (χ4n) is 5.10. The van der Waals surface area contributed by atoms with E-state index >= 15 is 0 Å². The van der Waals surface area contributed by atoms with Gasteiger partial charge in [0.1, 0.15) is 18.2 Å². The van der Waals surface area contributed by atoms with E-state index in [1.54, 1.807) is 14.2 Å². The summed E-state index contributed by atoms with van der Waals surface area (Å²) in [5.41, 5.74) is 4.08. The normalized spacial score (nSPS) is 14.9. The maximum atomic E-state index is 12.7. The molecule has 0 spiro atoms. The number of benzene rings is 3. The van der Waals surface area contributed by atoms with Gasteiger partial charge < -0.3 is 19.5 Å². The standard InChI is InChI=1S/C28H32FNO4/c1-33-25-17-21(19-11-14-30(15-12-19)16-13-29)18-26(34-2)28(25)24-8-4-6-22-20(9-10-27(31)32)5-3-7-23(22)24/h3-8,17-19H,9-16H2,1-2H3,(H,31,32). The molecule has 1 aliphatic rings. The third kappa shape index (κ3) is 5.02. The van der Waals surface area contributed by atoms with E-state index in [1.807, 2.05) is 24.3 Å². The van der Waals surface area contributed by atoms with Gasteiger partial charge in [-0.3, -0.25) is 4.79 Å². The Bertz CT molecular complexity index is 1130. The Morgan fingerprint density at radius 2 is 1.68 bits per heavy atom. The van der Waals surface area contributed by atoms with E-state index in [0.29, 0.717) is 18.9 Å². The minimum Gasteiger partial charge on any atom is -0.496 e. The first kappa shape index (κ1) is 24.0. The van der Waals surface area contributed by atoms with Crippen molar-refractivity contribution in [3.05, 3.63) is 59.7 Å². The highest BCUT2D eigenvalue weighted by atomic mass is 19.1. The maximum absolute atomic E-state index is 12.7. The van der Waals surface area contributed by atoms with Crippen molar-refractivity contribution in [3.8, 4) is 22.6 Å². The van der Waals surface area contributed by atoms with Crippen LogP contribution in [-0.4, -0.2) is 56.5 Å². The fourth-order valence-corrected chi connectivity index (χ4v) is 5.10. The van der Waals surface area contributed by atoms with E-state index in [-0.39, 0.29) is 13.1 Å². The minimum absolute atomic E-state index is 0.0921. The summed E-state index contributed by atoms with van der Waals surface area (Å²) in [5.74, 6) is 1.08. The molecule has 0 radical (unpaired) electrons. The first-order valence-electron chi connectivity index (χ1n) is 11.8. The molecule has 0 bridgehead atoms. The molecule has 0 amide bonds. The lowest BCUT2D eigenvalue weighted by atomic mass is 9.86. The number of carboxylic acids is 1. The van der Waals surface area contributed by atoms with Crippen molar-refractivity contribution in [2.24, 2.45) is 0 Å². The van der Waals surface area contributed by atoms with Gasteiger partial charge >= 0.3 is 5.97 Å². The topological polar surface area (TPSA) is 59.0 Å². The number of aliphatic carboxylic acids is 1. The Morgan fingerprint density at radius 3 is 2.29 bits per heavy atom. The van der Waals surface area contributed by atoms with Gasteiger partial charge in [-0.25, -0.2) is 4.39 Å². The molecule has 0 aliphatic carbocycles. The van der Waals surface area contributed by atoms with Crippen molar-refractivity contribution < 1.29 is 23.8 Å². The molecule has 1 aliphatic heterocycles. The number of halogens is 1. The van der Waals surface area contributed by atoms with Crippen LogP contribution in [0.5, 0.6) is 11.5 Å². The Morgan fingerprint density at radius 1 is 1.03 bits per heavy atom. The molecule has 3 aromatic carbocycles. The van der Waals surface area contributed by atoms with Crippen molar-refractivity contribution in [2.75, 3.05) is 40.5 Å². The van der Waals surface area contributed by atoms with Crippen molar-refractivity contribution >= 4 is 16.7 Å². The average molecular weight is 466 g/mol. The second-order valence-electron chi connectivity index (χ2n) is 8.82. The van der Waals surface area contributed by atoms with Crippen LogP contribution in [0.4, 0.5) is 4.39 Å². The molecule has 1 N–H and O–H groups in total. The smallest absolute Gasteiger partial charge is 0.303 e. The Hall–Kier alpha value is -3.12. The summed E-state index contributed by atoms with van der Waals surface area (Å²) in [6.07, 6.45) is 2.53. The molecule has 5 nitrogen and oxygen atoms in total. The van der Waals surface area contributed by atoms with Gasteiger partial charge in [0.05, 0.1) is 19.8 Å². The van der Waals surface area contributed by atoms with Crippen molar-refractivity contribution in [3.63, 3.8) is 0 Å². The Labute approximate surface area is 200 Å². The molecular weight excluding hydrogens is 433 g/mol. The zero-order valence-corrected chi connectivity index (χ0v) is 19.9. The van der Waals surface area contributed by atoms with E-state index in [2.05, 4.69) is 29.2 Å². The number of piperidine rings is 1. The SMILES string of the molecule is COc1cc(C2CCN(CCF)CC2)cc(OC)c1-c1cccc2c(CCC(=O)O)cccc12. The quantitative estimate of drug-likeness (QED) is 0.440. The van der Waals surface area contributed by atoms with Gasteiger partial charge in [-0.05, 0) is 77.9 Å². The summed E-state index contributed by atoms with van der Waals surface area (Å²) in [6.45, 7) is 1.99. The number of rotatable bonds is 9. The van der Waals surface area contributed by atoms with Gasteiger partial charge in [0.15, 0.2) is 0 Å². The predicted molar refractivity (Wildman–Crippen MR) is 133 cm³/mol. The molecule has 4 rings (SSSR count). The van der Waals surface area contributed by atoms with E-state index in [4.69, 9.17) is 14.6 Å². The number of carboxylic acid groups (broad SMARTS) is 1. The summed E-state index contributed by atoms with van der Waals surface area (Å²) in [7, 11) is 3.35. The first-order chi connectivity index (χ1) is 16.5. The second-order valence-corrected chi connectivity index (χ2v) is 8.82. The zero-order chi connectivity index (χ0) is 24.1. The van der Waals surface area contributed by atoms with Crippen LogP contribution >= 0.6 is 0 Å². The fraction of sp³-hybridized carbons (Fsp3) is 0.393. The Balaban J connectivity index is 1.75. The van der Waals surface area contributed by atoms with Gasteiger partial charge in [-0.15, -0.1) is 0 Å². The largest absolute Gasteiger partial charge is 0.496 e. The third-order valence-electron chi connectivity index (χ3n) is 6.88. The highest BCUT2D eigenvalue weighted by Gasteiger charge is 2.24. The molecule has 1 saturated heterocycles. The van der Waals surface area contributed by atoms with E-state index in [1.165, 1.54) is 5.56 Å². The third-order valence-corrected chi connectivity index (χ3v) is 6.88. The number of carbonyl (C=O) groups is 1. The summed E-state index contributed by atoms with van der Waals surface area (Å²) in [6, 6.07) is 16.3. The second kappa shape index (κ2) is 10.9. The number of methoxy groups -OCH3 is 2. The monoisotopic (exact) mass is 465 g/mol. The number of nitrogens with zero attached hydrogens (tertiary/aromatic N) is 1. The average Bonchev–Trinajstić information content (AvgIpc) is 2.86. The molecule has 6 heteroatoms. The molecular formula is C28H32FNO4. The van der Waals surface area contributed by atoms with Crippen LogP contribution in [0.15, 0.2) is 48.5 Å². The molecule has 0 atom stereocenters. The maximum Gasteiger partial charge on any atom is 0.303 e. The van der Waals surface area contributed by atoms with Gasteiger partial charge in [0.25, 0.3) is 0 Å². The molecule has 34 heavy (non-hydrogen) atoms. The van der Waals surface area contributed by atoms with Crippen LogP contribution < -0.4 is 9.47 Å². The summed E-state index contributed by atoms with van der Waals surface area (Å²) < 4.78 is 24.5. The lowest BCUT2D eigenvalue weighted by Gasteiger charge is -2.32. The first-order valence-corrected chi connectivity index (χ1v) is 11.8. The number of aryl methyl sites for hydroxylation is 1. The Kier molecular flexibility index (Phi) is 7.68. The van der Waals surface area contributed by atoms with Crippen molar-refractivity contribution in [2.45, 2.75) is 31.6 Å². The van der Waals surface area contributed by atoms with Gasteiger partial charge in [-0.2, -0.15) is 0 Å². The number of hydrogen-bond acceptors (Lipinski definition) is 4. The van der Waals surface area contributed by atoms with E-state index < -0.39 is 5.97 Å². The van der Waals surface area contributed by atoms with Crippen molar-refractivity contribution in [1.82, 2.24) is 4.90 Å². The number of fused-ring (bicyclic) bond motifs is 1. The predicted octanol–water partition coefficient (Wildman–Crippen LogP) is 5.69. The highest BCUT2D eigenvalue weighted by Crippen LogP contribution is 2.45. The van der Waals surface area contributed by atoms with Gasteiger partial charge in [0, 0.05) is 13.0 Å². The summed E-state index contributed by atoms with van der Waals surface area (Å²) in [5, 5.41) is 11.2. The van der Waals surface area contributed by atoms with Crippen LogP contribution in [0, 0.1) is 0 Å². The number of likely N-dealkylation sites (tertiary alicyclic amines) is 1. The van der Waals surface area contributed by atoms with Crippen LogP contribution in [-0.2, 0) is 11.2 Å². The number of hydrogen-bond donors (Lipinski definition) is 1. The lowest BCUT2D eigenvalue weighted by molar-refractivity contribution is -0.136. The van der Waals surface area contributed by atoms with Crippen LogP contribution in [0.3, 0.4) is 0 Å². The van der Waals surface area contributed by atoms with Crippen molar-refractivity contribution in [1.29, 1.82) is 0 Å². The minimum atomic E-state index is -0.803. The molecule has 0 saturated carbocycles. The van der Waals surface area contributed by atoms with E-state index in [9.17, 15) is 9.18 Å². The zero-order valence-electron chi connectivity index (χ0n) is 19.9. The van der Waals surface area contributed by atoms with Crippen LogP contribution in [0.25, 0.3) is 21.9 Å². The summed E-state index contributed by atoms with van der Waals surface area (Å²) >= 11 is 0. The molecule has 3 aromatic rings. The number of ether oxygens (including phenoxy) is 2. The van der Waals surface area contributed by atoms with Gasteiger partial charge in [0.2, 0.25) is 0 Å².